The molecule has 0 heterocycles. The second-order valence-electron chi connectivity index (χ2n) is 9.45. The number of carbonyl (C=O) groups is 2. The maximum atomic E-state index is 11.7. The Morgan fingerprint density at radius 1 is 0.667 bits per heavy atom. The molecule has 0 saturated heterocycles. The van der Waals surface area contributed by atoms with E-state index in [0.717, 1.165) is 11.4 Å². The van der Waals surface area contributed by atoms with Crippen LogP contribution in [0.25, 0.3) is 0 Å². The summed E-state index contributed by atoms with van der Waals surface area (Å²) in [6.45, 7) is 16.4. The number of rotatable bonds is 5. The van der Waals surface area contributed by atoms with Crippen molar-refractivity contribution in [3.63, 3.8) is 0 Å². The molecule has 0 bridgehead atoms. The van der Waals surface area contributed by atoms with Crippen LogP contribution in [-0.2, 0) is 20.4 Å². The number of carbonyl (C=O) groups excluding carboxylic acids is 2. The predicted molar refractivity (Wildman–Crippen MR) is 130 cm³/mol. The topological polar surface area (TPSA) is 58.2 Å². The second-order valence-corrected chi connectivity index (χ2v) is 19.3. The molecule has 0 radical (unpaired) electrons. The van der Waals surface area contributed by atoms with Crippen LogP contribution in [-0.4, -0.2) is 45.9 Å². The van der Waals surface area contributed by atoms with E-state index in [9.17, 15) is 9.59 Å². The maximum absolute atomic E-state index is 11.7. The van der Waals surface area contributed by atoms with Gasteiger partial charge in [-0.1, -0.05) is 0 Å². The van der Waals surface area contributed by atoms with Crippen LogP contribution in [0.4, 0.5) is 11.4 Å². The van der Waals surface area contributed by atoms with Gasteiger partial charge in [0, 0.05) is 0 Å². The second kappa shape index (κ2) is 10.1. The Morgan fingerprint density at radius 3 is 1.27 bits per heavy atom. The van der Waals surface area contributed by atoms with E-state index in [1.807, 2.05) is 0 Å². The van der Waals surface area contributed by atoms with Gasteiger partial charge in [0.1, 0.15) is 0 Å². The van der Waals surface area contributed by atoms with E-state index in [0.29, 0.717) is 0 Å². The normalized spacial score (nSPS) is 11.9. The van der Waals surface area contributed by atoms with Crippen molar-refractivity contribution in [3.05, 3.63) is 47.5 Å². The van der Waals surface area contributed by atoms with Crippen LogP contribution in [0.2, 0.25) is 0 Å². The number of amides is 2. The third-order valence-corrected chi connectivity index (χ3v) is 16.2. The molecule has 0 aliphatic heterocycles. The van der Waals surface area contributed by atoms with Crippen LogP contribution in [0.15, 0.2) is 36.4 Å². The zero-order chi connectivity index (χ0) is 22.7. The molecule has 0 atom stereocenters. The van der Waals surface area contributed by atoms with Crippen molar-refractivity contribution in [1.29, 1.82) is 0 Å². The number of hydrogen-bond donors (Lipinski definition) is 2. The van der Waals surface area contributed by atoms with Gasteiger partial charge >= 0.3 is 198 Å². The molecule has 0 fully saturated rings. The Bertz CT molecular complexity index is 864. The fourth-order valence-corrected chi connectivity index (χ4v) is 14.2. The van der Waals surface area contributed by atoms with Crippen molar-refractivity contribution in [2.24, 2.45) is 0 Å². The molecule has 0 saturated carbocycles. The standard InChI is InChI=1S/C24H32N2O2Te2/c1-15(27)25-19-11-9-17(23(3,4)5)13-21(19)29-30-22-14-18(24(6,7)8)10-12-20(22)26-16(2)28/h9-14H,1-8H3,(H,25,27)(H,26,28). The number of benzene rings is 2. The van der Waals surface area contributed by atoms with Crippen molar-refractivity contribution in [2.75, 3.05) is 10.6 Å². The Balaban J connectivity index is 2.43. The molecule has 2 N–H and O–H groups in total. The number of anilines is 2. The van der Waals surface area contributed by atoms with Crippen LogP contribution in [0.1, 0.15) is 66.5 Å². The van der Waals surface area contributed by atoms with Gasteiger partial charge in [-0.05, 0) is 0 Å². The van der Waals surface area contributed by atoms with Gasteiger partial charge in [-0.3, -0.25) is 0 Å². The van der Waals surface area contributed by atoms with Crippen LogP contribution < -0.4 is 17.9 Å². The number of nitrogens with one attached hydrogen (secondary N) is 2. The first kappa shape index (κ1) is 25.2. The summed E-state index contributed by atoms with van der Waals surface area (Å²) < 4.78 is 2.58. The predicted octanol–water partition coefficient (Wildman–Crippen LogP) is 3.47. The van der Waals surface area contributed by atoms with Gasteiger partial charge < -0.3 is 0 Å². The molecule has 6 heteroatoms. The third-order valence-electron chi connectivity index (χ3n) is 4.54. The summed E-state index contributed by atoms with van der Waals surface area (Å²) in [5, 5.41) is 6.03. The first-order valence-corrected chi connectivity index (χ1v) is 19.6. The van der Waals surface area contributed by atoms with Crippen LogP contribution in [0.3, 0.4) is 0 Å². The molecule has 0 aliphatic carbocycles. The quantitative estimate of drug-likeness (QED) is 0.495. The fraction of sp³-hybridized carbons (Fsp3) is 0.417. The van der Waals surface area contributed by atoms with Gasteiger partial charge in [-0.15, -0.1) is 0 Å². The molecule has 162 valence electrons. The summed E-state index contributed by atoms with van der Waals surface area (Å²) in [4.78, 5) is 23.4. The first-order chi connectivity index (χ1) is 13.8. The Hall–Kier alpha value is -1.04. The summed E-state index contributed by atoms with van der Waals surface area (Å²) in [6, 6.07) is 12.9. The minimum atomic E-state index is -0.516. The van der Waals surface area contributed by atoms with Gasteiger partial charge in [-0.25, -0.2) is 0 Å². The van der Waals surface area contributed by atoms with Gasteiger partial charge in [0.2, 0.25) is 0 Å². The van der Waals surface area contributed by atoms with E-state index >= 15 is 0 Å². The summed E-state index contributed by atoms with van der Waals surface area (Å²) in [5.41, 5.74) is 4.58. The summed E-state index contributed by atoms with van der Waals surface area (Å²) in [5.74, 6) is -0.0806. The van der Waals surface area contributed by atoms with Gasteiger partial charge in [-0.2, -0.15) is 0 Å². The van der Waals surface area contributed by atoms with E-state index in [1.54, 1.807) is 13.8 Å². The Labute approximate surface area is 197 Å². The van der Waals surface area contributed by atoms with E-state index in [1.165, 1.54) is 18.3 Å². The Kier molecular flexibility index (Phi) is 8.45. The molecular weight excluding hydrogens is 603 g/mol. The van der Waals surface area contributed by atoms with Crippen molar-refractivity contribution >= 4 is 64.5 Å². The molecule has 0 spiro atoms. The average Bonchev–Trinajstić information content (AvgIpc) is 2.59. The minimum absolute atomic E-state index is 0.0403. The number of hydrogen-bond acceptors (Lipinski definition) is 2. The molecule has 2 aromatic carbocycles. The van der Waals surface area contributed by atoms with Crippen LogP contribution in [0, 0.1) is 0 Å². The zero-order valence-electron chi connectivity index (χ0n) is 19.1. The van der Waals surface area contributed by atoms with E-state index in [-0.39, 0.29) is 22.6 Å². The van der Waals surface area contributed by atoms with Crippen molar-refractivity contribution in [1.82, 2.24) is 0 Å². The van der Waals surface area contributed by atoms with Crippen molar-refractivity contribution in [3.8, 4) is 0 Å². The third kappa shape index (κ3) is 7.28. The van der Waals surface area contributed by atoms with Gasteiger partial charge in [0.25, 0.3) is 0 Å². The average molecular weight is 636 g/mol. The fourth-order valence-electron chi connectivity index (χ4n) is 2.79. The molecule has 2 rings (SSSR count). The SMILES string of the molecule is CC(=O)Nc1ccc(C(C)(C)C)cc1[Te][Te]c1cc(C(C)(C)C)ccc1NC(C)=O. The first-order valence-electron chi connectivity index (χ1n) is 9.96. The van der Waals surface area contributed by atoms with E-state index < -0.39 is 34.1 Å². The summed E-state index contributed by atoms with van der Waals surface area (Å²) in [6.07, 6.45) is 0. The molecule has 0 aliphatic rings. The molecule has 0 aromatic heterocycles. The van der Waals surface area contributed by atoms with Crippen molar-refractivity contribution in [2.45, 2.75) is 66.2 Å². The molecule has 2 aromatic rings. The van der Waals surface area contributed by atoms with Crippen molar-refractivity contribution < 1.29 is 9.59 Å². The molecule has 30 heavy (non-hydrogen) atoms. The van der Waals surface area contributed by atoms with Crippen LogP contribution in [0.5, 0.6) is 0 Å². The van der Waals surface area contributed by atoms with Gasteiger partial charge in [0.05, 0.1) is 0 Å². The van der Waals surface area contributed by atoms with Crippen LogP contribution >= 0.6 is 0 Å². The zero-order valence-corrected chi connectivity index (χ0v) is 23.8. The summed E-state index contributed by atoms with van der Waals surface area (Å²) in [7, 11) is 0. The molecule has 4 nitrogen and oxygen atoms in total. The molecule has 2 amide bonds. The van der Waals surface area contributed by atoms with E-state index in [2.05, 4.69) is 88.6 Å². The summed E-state index contributed by atoms with van der Waals surface area (Å²) >= 11 is -1.03. The monoisotopic (exact) mass is 640 g/mol. The Morgan fingerprint density at radius 2 is 1.00 bits per heavy atom. The molecule has 0 unspecified atom stereocenters. The van der Waals surface area contributed by atoms with Gasteiger partial charge in [0.15, 0.2) is 0 Å². The molecular formula is C24H32N2O2Te2. The van der Waals surface area contributed by atoms with E-state index in [4.69, 9.17) is 0 Å².